The minimum atomic E-state index is -0.172. The van der Waals surface area contributed by atoms with Crippen molar-refractivity contribution in [1.29, 1.82) is 0 Å². The fourth-order valence-corrected chi connectivity index (χ4v) is 4.62. The summed E-state index contributed by atoms with van der Waals surface area (Å²) in [6.07, 6.45) is 2.08. The first-order valence-corrected chi connectivity index (χ1v) is 11.2. The van der Waals surface area contributed by atoms with Crippen molar-refractivity contribution in [2.45, 2.75) is 12.6 Å². The molecule has 0 spiro atoms. The predicted octanol–water partition coefficient (Wildman–Crippen LogP) is 4.33. The minimum Gasteiger partial charge on any atom is -0.497 e. The third-order valence-corrected chi connectivity index (χ3v) is 6.29. The molecule has 0 fully saturated rings. The number of anilines is 1. The van der Waals surface area contributed by atoms with Crippen LogP contribution in [0.4, 0.5) is 5.69 Å². The average Bonchev–Trinajstić information content (AvgIpc) is 3.36. The summed E-state index contributed by atoms with van der Waals surface area (Å²) in [5.41, 5.74) is 2.81. The van der Waals surface area contributed by atoms with Crippen LogP contribution in [0, 0.1) is 0 Å². The molecule has 0 saturated carbocycles. The Bertz CT molecular complexity index is 1150. The molecule has 0 radical (unpaired) electrons. The van der Waals surface area contributed by atoms with Gasteiger partial charge in [0.05, 0.1) is 47.3 Å². The van der Waals surface area contributed by atoms with Gasteiger partial charge in [0.2, 0.25) is 5.75 Å². The number of nitrogens with one attached hydrogen (secondary N) is 1. The van der Waals surface area contributed by atoms with E-state index in [2.05, 4.69) is 27.0 Å². The lowest BCUT2D eigenvalue weighted by Crippen LogP contribution is -2.44. The molecule has 0 saturated heterocycles. The van der Waals surface area contributed by atoms with Gasteiger partial charge < -0.3 is 38.5 Å². The van der Waals surface area contributed by atoms with Crippen LogP contribution >= 0.6 is 12.2 Å². The fraction of sp³-hybridized carbons (Fsp3) is 0.320. The second kappa shape index (κ2) is 10.1. The molecule has 2 aromatic carbocycles. The highest BCUT2D eigenvalue weighted by molar-refractivity contribution is 7.80. The zero-order chi connectivity index (χ0) is 24.2. The van der Waals surface area contributed by atoms with Crippen LogP contribution in [0.3, 0.4) is 0 Å². The lowest BCUT2D eigenvalue weighted by Gasteiger charge is -2.39. The molecule has 180 valence electrons. The molecule has 1 N–H and O–H groups in total. The normalized spacial score (nSPS) is 14.7. The Morgan fingerprint density at radius 1 is 0.853 bits per heavy atom. The molecule has 0 unspecified atom stereocenters. The van der Waals surface area contributed by atoms with Crippen molar-refractivity contribution >= 4 is 23.0 Å². The van der Waals surface area contributed by atoms with Crippen molar-refractivity contribution in [2.75, 3.05) is 47.4 Å². The highest BCUT2D eigenvalue weighted by atomic mass is 32.1. The number of nitrogens with zero attached hydrogens (tertiary/aromatic N) is 2. The van der Waals surface area contributed by atoms with Crippen LogP contribution in [0.2, 0.25) is 0 Å². The molecule has 1 atom stereocenters. The molecule has 3 aromatic rings. The number of methoxy groups -OCH3 is 5. The van der Waals surface area contributed by atoms with Crippen LogP contribution in [0.5, 0.6) is 28.7 Å². The molecule has 1 aliphatic rings. The summed E-state index contributed by atoms with van der Waals surface area (Å²) in [5.74, 6) is 3.11. The average molecular weight is 484 g/mol. The number of benzene rings is 2. The van der Waals surface area contributed by atoms with E-state index in [1.54, 1.807) is 35.5 Å². The summed E-state index contributed by atoms with van der Waals surface area (Å²) in [7, 11) is 8.08. The van der Waals surface area contributed by atoms with Gasteiger partial charge in [0, 0.05) is 31.0 Å². The van der Waals surface area contributed by atoms with Gasteiger partial charge in [-0.1, -0.05) is 0 Å². The van der Waals surface area contributed by atoms with E-state index in [1.807, 2.05) is 36.4 Å². The summed E-state index contributed by atoms with van der Waals surface area (Å²) in [4.78, 5) is 2.16. The molecule has 1 aromatic heterocycles. The summed E-state index contributed by atoms with van der Waals surface area (Å²) in [6, 6.07) is 13.5. The first kappa shape index (κ1) is 23.6. The van der Waals surface area contributed by atoms with Gasteiger partial charge in [-0.3, -0.25) is 0 Å². The number of fused-ring (bicyclic) bond motifs is 1. The van der Waals surface area contributed by atoms with Gasteiger partial charge >= 0.3 is 0 Å². The number of rotatable bonds is 7. The summed E-state index contributed by atoms with van der Waals surface area (Å²) in [5, 5.41) is 3.93. The molecular formula is C25H29N3O5S. The Morgan fingerprint density at radius 2 is 1.56 bits per heavy atom. The lowest BCUT2D eigenvalue weighted by molar-refractivity contribution is 0.288. The maximum absolute atomic E-state index is 5.92. The zero-order valence-electron chi connectivity index (χ0n) is 20.0. The Hall–Kier alpha value is -3.59. The van der Waals surface area contributed by atoms with Crippen LogP contribution in [-0.2, 0) is 6.54 Å². The highest BCUT2D eigenvalue weighted by Crippen LogP contribution is 2.43. The zero-order valence-corrected chi connectivity index (χ0v) is 20.8. The van der Waals surface area contributed by atoms with Crippen molar-refractivity contribution in [3.8, 4) is 28.7 Å². The van der Waals surface area contributed by atoms with Gasteiger partial charge in [-0.05, 0) is 54.2 Å². The number of hydrogen-bond acceptors (Lipinski definition) is 6. The van der Waals surface area contributed by atoms with Gasteiger partial charge in [-0.15, -0.1) is 0 Å². The van der Waals surface area contributed by atoms with Gasteiger partial charge in [0.15, 0.2) is 16.6 Å². The van der Waals surface area contributed by atoms with E-state index in [0.29, 0.717) is 40.4 Å². The monoisotopic (exact) mass is 483 g/mol. The van der Waals surface area contributed by atoms with Crippen LogP contribution in [0.15, 0.2) is 48.7 Å². The molecule has 0 amide bonds. The quantitative estimate of drug-likeness (QED) is 0.498. The number of thiocarbonyl (C=S) groups is 1. The van der Waals surface area contributed by atoms with E-state index < -0.39 is 0 Å². The van der Waals surface area contributed by atoms with E-state index in [4.69, 9.17) is 35.9 Å². The Morgan fingerprint density at radius 3 is 2.18 bits per heavy atom. The molecule has 34 heavy (non-hydrogen) atoms. The fourth-order valence-electron chi connectivity index (χ4n) is 4.31. The maximum atomic E-state index is 5.92. The maximum Gasteiger partial charge on any atom is 0.203 e. The van der Waals surface area contributed by atoms with Gasteiger partial charge in [-0.2, -0.15) is 0 Å². The van der Waals surface area contributed by atoms with Gasteiger partial charge in [0.1, 0.15) is 11.5 Å². The second-order valence-electron chi connectivity index (χ2n) is 7.68. The first-order chi connectivity index (χ1) is 16.5. The summed E-state index contributed by atoms with van der Waals surface area (Å²) < 4.78 is 29.9. The van der Waals surface area contributed by atoms with Crippen molar-refractivity contribution in [1.82, 2.24) is 9.47 Å². The van der Waals surface area contributed by atoms with Crippen LogP contribution in [0.25, 0.3) is 0 Å². The smallest absolute Gasteiger partial charge is 0.203 e. The van der Waals surface area contributed by atoms with Crippen molar-refractivity contribution in [2.24, 2.45) is 0 Å². The van der Waals surface area contributed by atoms with E-state index in [0.717, 1.165) is 23.5 Å². The molecule has 2 heterocycles. The Kier molecular flexibility index (Phi) is 7.02. The van der Waals surface area contributed by atoms with E-state index in [1.165, 1.54) is 0 Å². The number of aromatic nitrogens is 1. The first-order valence-electron chi connectivity index (χ1n) is 10.8. The topological polar surface area (TPSA) is 66.4 Å². The van der Waals surface area contributed by atoms with Crippen molar-refractivity contribution in [3.63, 3.8) is 0 Å². The van der Waals surface area contributed by atoms with Crippen LogP contribution in [-0.4, -0.2) is 56.7 Å². The molecule has 8 nitrogen and oxygen atoms in total. The standard InChI is InChI=1S/C25H29N3O5S/c1-29-17-8-9-20(30-2)18(15-17)26-25(34)28-12-11-27-10-6-7-19(27)23(28)16-13-21(31-3)24(33-5)22(14-16)32-4/h6-10,13-15,23H,11-12H2,1-5H3,(H,26,34)/t23-/m0/s1. The summed E-state index contributed by atoms with van der Waals surface area (Å²) >= 11 is 5.92. The largest absolute Gasteiger partial charge is 0.497 e. The van der Waals surface area contributed by atoms with E-state index in [9.17, 15) is 0 Å². The Labute approximate surface area is 204 Å². The number of ether oxygens (including phenoxy) is 5. The van der Waals surface area contributed by atoms with Crippen LogP contribution < -0.4 is 29.0 Å². The van der Waals surface area contributed by atoms with Gasteiger partial charge in [0.25, 0.3) is 0 Å². The van der Waals surface area contributed by atoms with E-state index in [-0.39, 0.29) is 6.04 Å². The summed E-state index contributed by atoms with van der Waals surface area (Å²) in [6.45, 7) is 1.52. The number of hydrogen-bond donors (Lipinski definition) is 1. The lowest BCUT2D eigenvalue weighted by atomic mass is 9.99. The van der Waals surface area contributed by atoms with Gasteiger partial charge in [-0.25, -0.2) is 0 Å². The molecule has 1 aliphatic heterocycles. The Balaban J connectivity index is 1.76. The second-order valence-corrected chi connectivity index (χ2v) is 8.06. The highest BCUT2D eigenvalue weighted by Gasteiger charge is 2.32. The SMILES string of the molecule is COc1ccc(OC)c(NC(=S)N2CCn3cccc3[C@@H]2c2cc(OC)c(OC)c(OC)c2)c1. The molecule has 9 heteroatoms. The van der Waals surface area contributed by atoms with Crippen molar-refractivity contribution in [3.05, 3.63) is 59.9 Å². The molecular weight excluding hydrogens is 454 g/mol. The third kappa shape index (κ3) is 4.31. The minimum absolute atomic E-state index is 0.172. The van der Waals surface area contributed by atoms with Crippen molar-refractivity contribution < 1.29 is 23.7 Å². The third-order valence-electron chi connectivity index (χ3n) is 5.95. The molecule has 4 rings (SSSR count). The molecule has 0 bridgehead atoms. The molecule has 0 aliphatic carbocycles. The van der Waals surface area contributed by atoms with E-state index >= 15 is 0 Å². The predicted molar refractivity (Wildman–Crippen MR) is 135 cm³/mol. The van der Waals surface area contributed by atoms with Crippen LogP contribution in [0.1, 0.15) is 17.3 Å².